The van der Waals surface area contributed by atoms with Crippen LogP contribution in [-0.4, -0.2) is 31.1 Å². The van der Waals surface area contributed by atoms with E-state index in [1.54, 1.807) is 0 Å². The van der Waals surface area contributed by atoms with Crippen LogP contribution in [0.1, 0.15) is 37.1 Å². The topological polar surface area (TPSA) is 43.9 Å². The standard InChI is InChI=1S/C39H43N7/c1-42-37-24-14-15-25-38(37)46(39(42)31-41-44(3)34-20-10-7-11-21-34)28-17-5-4-16-27-45-29-26-32(35-22-12-13-23-36(35)45)30-40-43(2)33-18-8-6-9-19-33/h6-15,18-26,29-31H,4-5,16-17,27-28H2,1-3H3/q+2. The fourth-order valence-electron chi connectivity index (χ4n) is 6.02. The second-order valence-electron chi connectivity index (χ2n) is 11.7. The minimum absolute atomic E-state index is 0.958. The fraction of sp³-hybridized carbons (Fsp3) is 0.231. The zero-order chi connectivity index (χ0) is 31.7. The molecule has 7 nitrogen and oxygen atoms in total. The van der Waals surface area contributed by atoms with Gasteiger partial charge in [0.2, 0.25) is 5.52 Å². The zero-order valence-electron chi connectivity index (χ0n) is 27.1. The lowest BCUT2D eigenvalue weighted by Gasteiger charge is -2.12. The number of nitrogens with zero attached hydrogens (tertiary/aromatic N) is 7. The summed E-state index contributed by atoms with van der Waals surface area (Å²) in [7, 11) is 6.10. The molecule has 0 unspecified atom stereocenters. The summed E-state index contributed by atoms with van der Waals surface area (Å²) < 4.78 is 7.04. The number of para-hydroxylation sites is 5. The molecule has 0 radical (unpaired) electrons. The zero-order valence-corrected chi connectivity index (χ0v) is 27.1. The number of aromatic nitrogens is 3. The monoisotopic (exact) mass is 609 g/mol. The van der Waals surface area contributed by atoms with Gasteiger partial charge in [-0.15, -0.1) is 0 Å². The maximum atomic E-state index is 4.79. The lowest BCUT2D eigenvalue weighted by Crippen LogP contribution is -2.34. The predicted octanol–water partition coefficient (Wildman–Crippen LogP) is 7.11. The molecule has 0 aliphatic carbocycles. The van der Waals surface area contributed by atoms with Gasteiger partial charge < -0.3 is 0 Å². The quantitative estimate of drug-likeness (QED) is 0.0607. The molecule has 6 rings (SSSR count). The van der Waals surface area contributed by atoms with Gasteiger partial charge in [-0.25, -0.2) is 9.13 Å². The molecule has 4 aromatic carbocycles. The van der Waals surface area contributed by atoms with Gasteiger partial charge >= 0.3 is 5.82 Å². The van der Waals surface area contributed by atoms with Crippen molar-refractivity contribution in [1.29, 1.82) is 0 Å². The van der Waals surface area contributed by atoms with Crippen LogP contribution in [0.2, 0.25) is 0 Å². The van der Waals surface area contributed by atoms with Gasteiger partial charge in [-0.05, 0) is 61.7 Å². The Bertz CT molecular complexity index is 1940. The number of benzene rings is 4. The molecule has 0 amide bonds. The van der Waals surface area contributed by atoms with Crippen molar-refractivity contribution < 1.29 is 9.13 Å². The molecule has 0 fully saturated rings. The van der Waals surface area contributed by atoms with Crippen LogP contribution in [0, 0.1) is 0 Å². The summed E-state index contributed by atoms with van der Waals surface area (Å²) in [5.41, 5.74) is 6.95. The number of fused-ring (bicyclic) bond motifs is 2. The SMILES string of the molecule is CN(N=Cc1cc[n+](CCCCCCn2c(C=NN(C)c3ccccc3)[n+](C)c3ccccc32)c2ccccc12)c1ccccc1. The number of unbranched alkanes of at least 4 members (excludes halogenated alkanes) is 3. The van der Waals surface area contributed by atoms with Gasteiger partial charge in [-0.1, -0.05) is 60.7 Å². The molecule has 6 aromatic rings. The van der Waals surface area contributed by atoms with Crippen LogP contribution in [0.15, 0.2) is 132 Å². The number of hydrogen-bond acceptors (Lipinski definition) is 4. The van der Waals surface area contributed by atoms with Gasteiger partial charge in [-0.3, -0.25) is 10.0 Å². The average molecular weight is 610 g/mol. The summed E-state index contributed by atoms with van der Waals surface area (Å²) in [6.07, 6.45) is 10.8. The van der Waals surface area contributed by atoms with Crippen molar-refractivity contribution in [3.05, 3.63) is 133 Å². The molecule has 0 atom stereocenters. The Morgan fingerprint density at radius 1 is 0.630 bits per heavy atom. The average Bonchev–Trinajstić information content (AvgIpc) is 3.38. The summed E-state index contributed by atoms with van der Waals surface area (Å²) in [6, 6.07) is 39.9. The van der Waals surface area contributed by atoms with Gasteiger partial charge in [-0.2, -0.15) is 14.8 Å². The Hall–Kier alpha value is -5.30. The lowest BCUT2D eigenvalue weighted by molar-refractivity contribution is -0.671. The first-order valence-electron chi connectivity index (χ1n) is 16.1. The number of pyridine rings is 1. The highest BCUT2D eigenvalue weighted by Gasteiger charge is 2.21. The van der Waals surface area contributed by atoms with E-state index in [0.29, 0.717) is 0 Å². The number of hydrazone groups is 2. The van der Waals surface area contributed by atoms with Crippen LogP contribution in [-0.2, 0) is 20.1 Å². The van der Waals surface area contributed by atoms with E-state index in [0.717, 1.165) is 48.7 Å². The Morgan fingerprint density at radius 2 is 1.22 bits per heavy atom. The molecule has 0 N–H and O–H groups in total. The van der Waals surface area contributed by atoms with Crippen LogP contribution >= 0.6 is 0 Å². The lowest BCUT2D eigenvalue weighted by atomic mass is 10.1. The molecule has 0 aliphatic rings. The number of anilines is 2. The van der Waals surface area contributed by atoms with Crippen LogP contribution in [0.25, 0.3) is 21.9 Å². The summed E-state index contributed by atoms with van der Waals surface area (Å²) >= 11 is 0. The first kappa shape index (κ1) is 30.7. The van der Waals surface area contributed by atoms with Gasteiger partial charge in [0.1, 0.15) is 12.8 Å². The second kappa shape index (κ2) is 14.7. The van der Waals surface area contributed by atoms with E-state index in [9.17, 15) is 0 Å². The van der Waals surface area contributed by atoms with Gasteiger partial charge in [0.15, 0.2) is 17.2 Å². The van der Waals surface area contributed by atoms with E-state index in [2.05, 4.69) is 106 Å². The Kier molecular flexibility index (Phi) is 9.78. The third-order valence-corrected chi connectivity index (χ3v) is 8.62. The first-order valence-corrected chi connectivity index (χ1v) is 16.1. The Morgan fingerprint density at radius 3 is 1.93 bits per heavy atom. The third-order valence-electron chi connectivity index (χ3n) is 8.62. The normalized spacial score (nSPS) is 11.7. The minimum atomic E-state index is 0.958. The van der Waals surface area contributed by atoms with E-state index >= 15 is 0 Å². The Balaban J connectivity index is 1.08. The summed E-state index contributed by atoms with van der Waals surface area (Å²) in [5.74, 6) is 1.10. The summed E-state index contributed by atoms with van der Waals surface area (Å²) in [5, 5.41) is 14.5. The van der Waals surface area contributed by atoms with Crippen molar-refractivity contribution in [2.24, 2.45) is 17.3 Å². The molecular weight excluding hydrogens is 566 g/mol. The first-order chi connectivity index (χ1) is 22.6. The number of aryl methyl sites for hydroxylation is 3. The maximum Gasteiger partial charge on any atom is 0.302 e. The highest BCUT2D eigenvalue weighted by molar-refractivity contribution is 5.97. The smallest absolute Gasteiger partial charge is 0.269 e. The number of rotatable bonds is 13. The highest BCUT2D eigenvalue weighted by Crippen LogP contribution is 2.18. The summed E-state index contributed by atoms with van der Waals surface area (Å²) in [6.45, 7) is 1.95. The number of hydrogen-bond donors (Lipinski definition) is 0. The molecule has 0 aliphatic heterocycles. The third kappa shape index (κ3) is 6.99. The van der Waals surface area contributed by atoms with E-state index in [1.807, 2.05) is 72.9 Å². The van der Waals surface area contributed by atoms with Crippen molar-refractivity contribution in [1.82, 2.24) is 4.57 Å². The predicted molar refractivity (Wildman–Crippen MR) is 191 cm³/mol. The van der Waals surface area contributed by atoms with Crippen LogP contribution in [0.5, 0.6) is 0 Å². The molecule has 0 saturated carbocycles. The largest absolute Gasteiger partial charge is 0.302 e. The van der Waals surface area contributed by atoms with Crippen molar-refractivity contribution in [2.45, 2.75) is 38.8 Å². The Labute approximate surface area is 272 Å². The van der Waals surface area contributed by atoms with Crippen LogP contribution < -0.4 is 19.2 Å². The number of imidazole rings is 1. The molecular formula is C39H43N7+2. The van der Waals surface area contributed by atoms with Gasteiger partial charge in [0.05, 0.1) is 36.6 Å². The van der Waals surface area contributed by atoms with E-state index in [1.165, 1.54) is 34.8 Å². The van der Waals surface area contributed by atoms with Crippen LogP contribution in [0.3, 0.4) is 0 Å². The van der Waals surface area contributed by atoms with Crippen LogP contribution in [0.4, 0.5) is 11.4 Å². The molecule has 232 valence electrons. The van der Waals surface area contributed by atoms with E-state index in [-0.39, 0.29) is 0 Å². The molecule has 46 heavy (non-hydrogen) atoms. The van der Waals surface area contributed by atoms with E-state index in [4.69, 9.17) is 10.2 Å². The molecule has 2 heterocycles. The maximum absolute atomic E-state index is 4.79. The van der Waals surface area contributed by atoms with E-state index < -0.39 is 0 Å². The molecule has 0 bridgehead atoms. The van der Waals surface area contributed by atoms with Gasteiger partial charge in [0, 0.05) is 38.2 Å². The second-order valence-corrected chi connectivity index (χ2v) is 11.7. The molecule has 2 aromatic heterocycles. The molecule has 7 heteroatoms. The van der Waals surface area contributed by atoms with Crippen molar-refractivity contribution in [3.8, 4) is 0 Å². The van der Waals surface area contributed by atoms with Gasteiger partial charge in [0.25, 0.3) is 0 Å². The molecule has 0 spiro atoms. The summed E-state index contributed by atoms with van der Waals surface area (Å²) in [4.78, 5) is 0. The highest BCUT2D eigenvalue weighted by atomic mass is 15.4. The van der Waals surface area contributed by atoms with Crippen molar-refractivity contribution in [2.75, 3.05) is 24.1 Å². The minimum Gasteiger partial charge on any atom is -0.269 e. The molecule has 0 saturated heterocycles. The van der Waals surface area contributed by atoms with Crippen molar-refractivity contribution in [3.63, 3.8) is 0 Å². The van der Waals surface area contributed by atoms with Crippen molar-refractivity contribution >= 4 is 45.7 Å². The fourth-order valence-corrected chi connectivity index (χ4v) is 6.02.